The van der Waals surface area contributed by atoms with Crippen molar-refractivity contribution in [2.24, 2.45) is 0 Å². The lowest BCUT2D eigenvalue weighted by atomic mass is 9.98. The number of anilines is 1. The second-order valence-electron chi connectivity index (χ2n) is 7.48. The van der Waals surface area contributed by atoms with E-state index in [4.69, 9.17) is 0 Å². The number of piperidine rings is 1. The predicted molar refractivity (Wildman–Crippen MR) is 100 cm³/mol. The Bertz CT molecular complexity index is 676. The van der Waals surface area contributed by atoms with Crippen LogP contribution >= 0.6 is 0 Å². The highest BCUT2D eigenvalue weighted by Crippen LogP contribution is 2.24. The van der Waals surface area contributed by atoms with Crippen molar-refractivity contribution in [3.8, 4) is 0 Å². The number of rotatable bonds is 5. The Kier molecular flexibility index (Phi) is 5.74. The fourth-order valence-corrected chi connectivity index (χ4v) is 3.85. The van der Waals surface area contributed by atoms with Crippen LogP contribution in [0.25, 0.3) is 0 Å². The number of hydrogen-bond acceptors (Lipinski definition) is 5. The number of hydrogen-bond donors (Lipinski definition) is 0. The molecule has 2 saturated heterocycles. The average molecular weight is 359 g/mol. The highest BCUT2D eigenvalue weighted by Gasteiger charge is 2.30. The van der Waals surface area contributed by atoms with Crippen LogP contribution in [0.3, 0.4) is 0 Å². The van der Waals surface area contributed by atoms with E-state index in [1.165, 1.54) is 0 Å². The maximum atomic E-state index is 13.1. The second-order valence-corrected chi connectivity index (χ2v) is 7.48. The van der Waals surface area contributed by atoms with Crippen molar-refractivity contribution in [1.29, 1.82) is 0 Å². The topological polar surface area (TPSA) is 69.6 Å². The van der Waals surface area contributed by atoms with Crippen LogP contribution < -0.4 is 4.90 Å². The van der Waals surface area contributed by atoms with Crippen molar-refractivity contribution in [2.75, 3.05) is 38.6 Å². The molecule has 142 valence electrons. The number of aromatic nitrogens is 2. The van der Waals surface area contributed by atoms with Gasteiger partial charge in [-0.1, -0.05) is 0 Å². The van der Waals surface area contributed by atoms with E-state index < -0.39 is 0 Å². The van der Waals surface area contributed by atoms with Gasteiger partial charge in [-0.15, -0.1) is 0 Å². The number of carbonyl (C=O) groups is 2. The molecule has 0 radical (unpaired) electrons. The molecule has 0 bridgehead atoms. The molecule has 7 nitrogen and oxygen atoms in total. The van der Waals surface area contributed by atoms with Crippen molar-refractivity contribution in [3.05, 3.63) is 17.5 Å². The third-order valence-corrected chi connectivity index (χ3v) is 5.39. The quantitative estimate of drug-likeness (QED) is 0.803. The third-order valence-electron chi connectivity index (χ3n) is 5.39. The zero-order chi connectivity index (χ0) is 18.7. The first-order valence-electron chi connectivity index (χ1n) is 9.57. The van der Waals surface area contributed by atoms with Gasteiger partial charge in [-0.2, -0.15) is 0 Å². The fourth-order valence-electron chi connectivity index (χ4n) is 3.85. The molecule has 2 amide bonds. The zero-order valence-electron chi connectivity index (χ0n) is 16.1. The Morgan fingerprint density at radius 1 is 1.27 bits per heavy atom. The molecule has 0 N–H and O–H groups in total. The van der Waals surface area contributed by atoms with E-state index in [1.807, 2.05) is 35.7 Å². The summed E-state index contributed by atoms with van der Waals surface area (Å²) in [5.41, 5.74) is 1.30. The molecular formula is C19H29N5O2. The minimum Gasteiger partial charge on any atom is -0.347 e. The Labute approximate surface area is 155 Å². The van der Waals surface area contributed by atoms with Crippen LogP contribution in [0.15, 0.2) is 6.20 Å². The summed E-state index contributed by atoms with van der Waals surface area (Å²) in [6.45, 7) is 4.25. The van der Waals surface area contributed by atoms with Gasteiger partial charge in [-0.25, -0.2) is 9.97 Å². The summed E-state index contributed by atoms with van der Waals surface area (Å²) in [6, 6.07) is 0.192. The van der Waals surface area contributed by atoms with Crippen molar-refractivity contribution in [1.82, 2.24) is 19.8 Å². The summed E-state index contributed by atoms with van der Waals surface area (Å²) in [7, 11) is 3.77. The number of aryl methyl sites for hydroxylation is 1. The summed E-state index contributed by atoms with van der Waals surface area (Å²) in [4.78, 5) is 39.5. The molecule has 3 heterocycles. The molecule has 2 aliphatic heterocycles. The number of nitrogens with zero attached hydrogens (tertiary/aromatic N) is 5. The fraction of sp³-hybridized carbons (Fsp3) is 0.684. The Morgan fingerprint density at radius 3 is 2.73 bits per heavy atom. The number of amides is 2. The lowest BCUT2D eigenvalue weighted by Crippen LogP contribution is -2.45. The summed E-state index contributed by atoms with van der Waals surface area (Å²) >= 11 is 0. The Hall–Kier alpha value is -2.18. The lowest BCUT2D eigenvalue weighted by molar-refractivity contribution is -0.127. The van der Waals surface area contributed by atoms with Crippen LogP contribution in [-0.4, -0.2) is 71.4 Å². The third kappa shape index (κ3) is 3.97. The molecule has 7 heteroatoms. The zero-order valence-corrected chi connectivity index (χ0v) is 16.1. The molecule has 0 spiro atoms. The van der Waals surface area contributed by atoms with Gasteiger partial charge in [0.25, 0.3) is 5.91 Å². The van der Waals surface area contributed by atoms with Gasteiger partial charge in [0.15, 0.2) is 0 Å². The highest BCUT2D eigenvalue weighted by atomic mass is 16.2. The molecule has 3 rings (SSSR count). The molecule has 1 unspecified atom stereocenters. The van der Waals surface area contributed by atoms with Gasteiger partial charge in [0.05, 0.1) is 11.3 Å². The Balaban J connectivity index is 1.70. The normalized spacial score (nSPS) is 20.6. The molecule has 1 atom stereocenters. The van der Waals surface area contributed by atoms with Gasteiger partial charge in [0.2, 0.25) is 11.9 Å². The summed E-state index contributed by atoms with van der Waals surface area (Å²) in [6.07, 6.45) is 7.30. The van der Waals surface area contributed by atoms with Crippen molar-refractivity contribution in [2.45, 2.75) is 51.5 Å². The first-order chi connectivity index (χ1) is 12.5. The van der Waals surface area contributed by atoms with E-state index in [9.17, 15) is 9.59 Å². The van der Waals surface area contributed by atoms with Gasteiger partial charge >= 0.3 is 0 Å². The highest BCUT2D eigenvalue weighted by molar-refractivity contribution is 5.95. The largest absolute Gasteiger partial charge is 0.347 e. The van der Waals surface area contributed by atoms with Gasteiger partial charge < -0.3 is 14.7 Å². The predicted octanol–water partition coefficient (Wildman–Crippen LogP) is 1.86. The number of likely N-dealkylation sites (tertiary alicyclic amines) is 2. The van der Waals surface area contributed by atoms with E-state index in [-0.39, 0.29) is 17.9 Å². The molecule has 2 fully saturated rings. The lowest BCUT2D eigenvalue weighted by Gasteiger charge is -2.37. The van der Waals surface area contributed by atoms with Gasteiger partial charge in [0, 0.05) is 52.4 Å². The maximum absolute atomic E-state index is 13.1. The van der Waals surface area contributed by atoms with E-state index in [1.54, 1.807) is 6.20 Å². The van der Waals surface area contributed by atoms with E-state index in [0.29, 0.717) is 23.6 Å². The van der Waals surface area contributed by atoms with E-state index >= 15 is 0 Å². The maximum Gasteiger partial charge on any atom is 0.257 e. The SMILES string of the molecule is Cc1nc(N(C)C)ncc1C(=O)N1CCCCC1CCN1CCCC1=O. The molecule has 0 saturated carbocycles. The molecule has 26 heavy (non-hydrogen) atoms. The summed E-state index contributed by atoms with van der Waals surface area (Å²) in [5, 5.41) is 0. The van der Waals surface area contributed by atoms with Crippen LogP contribution in [0.4, 0.5) is 5.95 Å². The van der Waals surface area contributed by atoms with Gasteiger partial charge in [-0.05, 0) is 39.0 Å². The molecule has 2 aliphatic rings. The first-order valence-corrected chi connectivity index (χ1v) is 9.57. The first kappa shape index (κ1) is 18.6. The molecule has 0 aliphatic carbocycles. The molecule has 1 aromatic heterocycles. The van der Waals surface area contributed by atoms with Crippen LogP contribution in [-0.2, 0) is 4.79 Å². The minimum absolute atomic E-state index is 0.0188. The average Bonchev–Trinajstić information content (AvgIpc) is 3.04. The van der Waals surface area contributed by atoms with Crippen molar-refractivity contribution in [3.63, 3.8) is 0 Å². The summed E-state index contributed by atoms with van der Waals surface area (Å²) < 4.78 is 0. The van der Waals surface area contributed by atoms with Gasteiger partial charge in [-0.3, -0.25) is 9.59 Å². The molecule has 0 aromatic carbocycles. The minimum atomic E-state index is 0.0188. The van der Waals surface area contributed by atoms with Crippen LogP contribution in [0.5, 0.6) is 0 Å². The van der Waals surface area contributed by atoms with Crippen LogP contribution in [0.1, 0.15) is 54.6 Å². The van der Waals surface area contributed by atoms with Crippen molar-refractivity contribution >= 4 is 17.8 Å². The number of carbonyl (C=O) groups excluding carboxylic acids is 2. The standard InChI is InChI=1S/C19H29N5O2/c1-14-16(13-20-19(21-14)22(2)3)18(26)24-11-5-4-7-15(24)9-12-23-10-6-8-17(23)25/h13,15H,4-12H2,1-3H3. The monoisotopic (exact) mass is 359 g/mol. The Morgan fingerprint density at radius 2 is 2.08 bits per heavy atom. The van der Waals surface area contributed by atoms with Gasteiger partial charge in [0.1, 0.15) is 0 Å². The molecular weight excluding hydrogens is 330 g/mol. The van der Waals surface area contributed by atoms with E-state index in [0.717, 1.165) is 51.7 Å². The van der Waals surface area contributed by atoms with E-state index in [2.05, 4.69) is 9.97 Å². The second kappa shape index (κ2) is 8.01. The van der Waals surface area contributed by atoms with Crippen LogP contribution in [0.2, 0.25) is 0 Å². The summed E-state index contributed by atoms with van der Waals surface area (Å²) in [5.74, 6) is 0.884. The van der Waals surface area contributed by atoms with Crippen LogP contribution in [0, 0.1) is 6.92 Å². The smallest absolute Gasteiger partial charge is 0.257 e. The van der Waals surface area contributed by atoms with Crippen molar-refractivity contribution < 1.29 is 9.59 Å². The molecule has 1 aromatic rings.